The minimum absolute atomic E-state index is 0.147. The molecule has 0 aliphatic carbocycles. The Morgan fingerprint density at radius 1 is 0.969 bits per heavy atom. The number of ether oxygens (including phenoxy) is 2. The maximum absolute atomic E-state index is 12.6. The van der Waals surface area contributed by atoms with E-state index in [9.17, 15) is 4.79 Å². The van der Waals surface area contributed by atoms with Crippen molar-refractivity contribution < 1.29 is 14.3 Å². The molecule has 2 heterocycles. The third-order valence-electron chi connectivity index (χ3n) is 4.57. The van der Waals surface area contributed by atoms with Gasteiger partial charge in [0.2, 0.25) is 5.91 Å². The zero-order valence-electron chi connectivity index (χ0n) is 17.6. The molecule has 0 saturated heterocycles. The first kappa shape index (κ1) is 21.4. The number of anilines is 1. The largest absolute Gasteiger partial charge is 0.497 e. The van der Waals surface area contributed by atoms with Crippen molar-refractivity contribution in [2.45, 2.75) is 5.16 Å². The van der Waals surface area contributed by atoms with Gasteiger partial charge in [0.1, 0.15) is 17.2 Å². The molecule has 32 heavy (non-hydrogen) atoms. The fourth-order valence-electron chi connectivity index (χ4n) is 3.05. The van der Waals surface area contributed by atoms with Crippen LogP contribution in [0.15, 0.2) is 78.1 Å². The quantitative estimate of drug-likeness (QED) is 0.407. The van der Waals surface area contributed by atoms with E-state index in [0.29, 0.717) is 28.1 Å². The maximum atomic E-state index is 12.6. The summed E-state index contributed by atoms with van der Waals surface area (Å²) < 4.78 is 12.4. The fraction of sp³-hybridized carbons (Fsp3) is 0.130. The number of aromatic nitrogens is 4. The summed E-state index contributed by atoms with van der Waals surface area (Å²) in [6.45, 7) is 0. The molecular weight excluding hydrogens is 426 g/mol. The molecule has 0 unspecified atom stereocenters. The Morgan fingerprint density at radius 3 is 2.47 bits per heavy atom. The maximum Gasteiger partial charge on any atom is 0.234 e. The van der Waals surface area contributed by atoms with E-state index in [1.807, 2.05) is 59.2 Å². The summed E-state index contributed by atoms with van der Waals surface area (Å²) in [5, 5.41) is 12.1. The lowest BCUT2D eigenvalue weighted by Crippen LogP contribution is -2.15. The summed E-state index contributed by atoms with van der Waals surface area (Å²) in [6, 6.07) is 20.4. The zero-order chi connectivity index (χ0) is 22.3. The molecule has 0 aliphatic rings. The van der Waals surface area contributed by atoms with Crippen LogP contribution in [0.4, 0.5) is 5.69 Å². The van der Waals surface area contributed by atoms with Gasteiger partial charge in [0.15, 0.2) is 11.0 Å². The van der Waals surface area contributed by atoms with E-state index in [1.54, 1.807) is 32.5 Å². The lowest BCUT2D eigenvalue weighted by atomic mass is 10.3. The first-order valence-corrected chi connectivity index (χ1v) is 10.7. The predicted octanol–water partition coefficient (Wildman–Crippen LogP) is 4.08. The van der Waals surface area contributed by atoms with Gasteiger partial charge in [0, 0.05) is 6.20 Å². The number of benzene rings is 2. The van der Waals surface area contributed by atoms with Crippen molar-refractivity contribution >= 4 is 23.4 Å². The van der Waals surface area contributed by atoms with Crippen molar-refractivity contribution in [2.75, 3.05) is 25.3 Å². The van der Waals surface area contributed by atoms with E-state index >= 15 is 0 Å². The number of nitrogens with one attached hydrogen (secondary N) is 1. The highest BCUT2D eigenvalue weighted by Gasteiger charge is 2.18. The van der Waals surface area contributed by atoms with Gasteiger partial charge < -0.3 is 14.8 Å². The molecule has 0 bridgehead atoms. The van der Waals surface area contributed by atoms with Crippen molar-refractivity contribution in [1.82, 2.24) is 19.7 Å². The van der Waals surface area contributed by atoms with Gasteiger partial charge in [-0.3, -0.25) is 14.3 Å². The fourth-order valence-corrected chi connectivity index (χ4v) is 3.80. The van der Waals surface area contributed by atoms with Gasteiger partial charge in [-0.25, -0.2) is 0 Å². The number of carbonyl (C=O) groups excluding carboxylic acids is 1. The Bertz CT molecular complexity index is 1200. The van der Waals surface area contributed by atoms with Gasteiger partial charge in [-0.15, -0.1) is 10.2 Å². The van der Waals surface area contributed by atoms with E-state index in [0.717, 1.165) is 11.4 Å². The molecule has 9 heteroatoms. The molecule has 0 spiro atoms. The van der Waals surface area contributed by atoms with E-state index in [2.05, 4.69) is 20.5 Å². The highest BCUT2D eigenvalue weighted by Crippen LogP contribution is 2.29. The Balaban J connectivity index is 1.59. The van der Waals surface area contributed by atoms with Gasteiger partial charge in [0.05, 0.1) is 31.3 Å². The predicted molar refractivity (Wildman–Crippen MR) is 123 cm³/mol. The van der Waals surface area contributed by atoms with Gasteiger partial charge in [0.25, 0.3) is 0 Å². The van der Waals surface area contributed by atoms with Crippen molar-refractivity contribution in [3.05, 3.63) is 72.9 Å². The second-order valence-corrected chi connectivity index (χ2v) is 7.53. The molecule has 8 nitrogen and oxygen atoms in total. The molecule has 2 aromatic carbocycles. The molecule has 0 radical (unpaired) electrons. The van der Waals surface area contributed by atoms with Crippen LogP contribution in [0.3, 0.4) is 0 Å². The van der Waals surface area contributed by atoms with Gasteiger partial charge in [-0.05, 0) is 48.5 Å². The molecule has 0 atom stereocenters. The summed E-state index contributed by atoms with van der Waals surface area (Å²) in [5.74, 6) is 1.90. The minimum atomic E-state index is -0.178. The number of pyridine rings is 1. The SMILES string of the molecule is COc1ccc(-n2c(SCC(=O)Nc3ccccc3OC)nnc2-c2ccccn2)cc1. The minimum Gasteiger partial charge on any atom is -0.497 e. The van der Waals surface area contributed by atoms with Crippen LogP contribution in [0.5, 0.6) is 11.5 Å². The van der Waals surface area contributed by atoms with Gasteiger partial charge >= 0.3 is 0 Å². The molecule has 162 valence electrons. The topological polar surface area (TPSA) is 91.2 Å². The molecule has 0 aliphatic heterocycles. The number of carbonyl (C=O) groups is 1. The van der Waals surface area contributed by atoms with Crippen LogP contribution in [-0.4, -0.2) is 45.6 Å². The highest BCUT2D eigenvalue weighted by atomic mass is 32.2. The standard InChI is InChI=1S/C23H21N5O3S/c1-30-17-12-10-16(11-13-17)28-22(19-8-5-6-14-24-19)26-27-23(28)32-15-21(29)25-18-7-3-4-9-20(18)31-2/h3-14H,15H2,1-2H3,(H,25,29). The number of amides is 1. The number of methoxy groups -OCH3 is 2. The van der Waals surface area contributed by atoms with Crippen LogP contribution < -0.4 is 14.8 Å². The van der Waals surface area contributed by atoms with Crippen molar-refractivity contribution in [3.8, 4) is 28.7 Å². The second kappa shape index (κ2) is 9.97. The van der Waals surface area contributed by atoms with Gasteiger partial charge in [-0.1, -0.05) is 30.0 Å². The number of para-hydroxylation sites is 2. The highest BCUT2D eigenvalue weighted by molar-refractivity contribution is 7.99. The lowest BCUT2D eigenvalue weighted by molar-refractivity contribution is -0.113. The Kier molecular flexibility index (Phi) is 6.66. The Labute approximate surface area is 189 Å². The average molecular weight is 448 g/mol. The van der Waals surface area contributed by atoms with Crippen LogP contribution in [0, 0.1) is 0 Å². The van der Waals surface area contributed by atoms with E-state index in [-0.39, 0.29) is 11.7 Å². The summed E-state index contributed by atoms with van der Waals surface area (Å²) >= 11 is 1.29. The monoisotopic (exact) mass is 447 g/mol. The number of rotatable bonds is 8. The third-order valence-corrected chi connectivity index (χ3v) is 5.50. The number of hydrogen-bond acceptors (Lipinski definition) is 7. The van der Waals surface area contributed by atoms with Crippen molar-refractivity contribution in [1.29, 1.82) is 0 Å². The van der Waals surface area contributed by atoms with Crippen LogP contribution >= 0.6 is 11.8 Å². The Hall–Kier alpha value is -3.85. The van der Waals surface area contributed by atoms with E-state index < -0.39 is 0 Å². The van der Waals surface area contributed by atoms with Crippen LogP contribution in [0.2, 0.25) is 0 Å². The third kappa shape index (κ3) is 4.73. The summed E-state index contributed by atoms with van der Waals surface area (Å²) in [4.78, 5) is 17.0. The van der Waals surface area contributed by atoms with E-state index in [1.165, 1.54) is 11.8 Å². The average Bonchev–Trinajstić information content (AvgIpc) is 3.27. The van der Waals surface area contributed by atoms with E-state index in [4.69, 9.17) is 9.47 Å². The molecule has 4 aromatic rings. The summed E-state index contributed by atoms with van der Waals surface area (Å²) in [6.07, 6.45) is 1.70. The molecule has 0 fully saturated rings. The van der Waals surface area contributed by atoms with Gasteiger partial charge in [-0.2, -0.15) is 0 Å². The smallest absolute Gasteiger partial charge is 0.234 e. The normalized spacial score (nSPS) is 10.6. The molecule has 4 rings (SSSR count). The first-order valence-electron chi connectivity index (χ1n) is 9.76. The number of nitrogens with zero attached hydrogens (tertiary/aromatic N) is 4. The zero-order valence-corrected chi connectivity index (χ0v) is 18.4. The Morgan fingerprint density at radius 2 is 1.75 bits per heavy atom. The first-order chi connectivity index (χ1) is 15.7. The molecule has 2 aromatic heterocycles. The molecule has 0 saturated carbocycles. The van der Waals surface area contributed by atoms with Crippen LogP contribution in [0.1, 0.15) is 0 Å². The number of hydrogen-bond donors (Lipinski definition) is 1. The summed E-state index contributed by atoms with van der Waals surface area (Å²) in [7, 11) is 3.19. The molecule has 1 amide bonds. The lowest BCUT2D eigenvalue weighted by Gasteiger charge is -2.11. The molecular formula is C23H21N5O3S. The number of thioether (sulfide) groups is 1. The van der Waals surface area contributed by atoms with Crippen molar-refractivity contribution in [2.24, 2.45) is 0 Å². The second-order valence-electron chi connectivity index (χ2n) is 6.59. The van der Waals surface area contributed by atoms with Crippen molar-refractivity contribution in [3.63, 3.8) is 0 Å². The molecule has 1 N–H and O–H groups in total. The summed E-state index contributed by atoms with van der Waals surface area (Å²) in [5.41, 5.74) is 2.14. The van der Waals surface area contributed by atoms with Crippen LogP contribution in [0.25, 0.3) is 17.2 Å². The van der Waals surface area contributed by atoms with Crippen LogP contribution in [-0.2, 0) is 4.79 Å².